The van der Waals surface area contributed by atoms with E-state index in [1.165, 1.54) is 19.4 Å². The number of rotatable bonds is 11. The van der Waals surface area contributed by atoms with E-state index in [2.05, 4.69) is 22.4 Å². The highest BCUT2D eigenvalue weighted by molar-refractivity contribution is 6.31. The van der Waals surface area contributed by atoms with Crippen LogP contribution in [0, 0.1) is 6.92 Å². The molecule has 0 bridgehead atoms. The molecular formula is C27H25Cl2N3O5. The van der Waals surface area contributed by atoms with Crippen LogP contribution in [0.1, 0.15) is 21.5 Å². The molecule has 0 aromatic heterocycles. The topological polar surface area (TPSA) is 98.3 Å². The minimum absolute atomic E-state index is 0.263. The smallest absolute Gasteiger partial charge is 0.271 e. The lowest BCUT2D eigenvalue weighted by atomic mass is 10.2. The van der Waals surface area contributed by atoms with Gasteiger partial charge in [0.05, 0.1) is 13.3 Å². The second-order valence-electron chi connectivity index (χ2n) is 7.65. The molecule has 0 aliphatic heterocycles. The first-order valence-corrected chi connectivity index (χ1v) is 11.8. The summed E-state index contributed by atoms with van der Waals surface area (Å²) in [7, 11) is 1.48. The predicted octanol–water partition coefficient (Wildman–Crippen LogP) is 5.66. The Hall–Kier alpha value is -4.01. The van der Waals surface area contributed by atoms with Crippen LogP contribution in [-0.2, 0) is 4.79 Å². The maximum Gasteiger partial charge on any atom is 0.271 e. The van der Waals surface area contributed by atoms with Gasteiger partial charge in [0.25, 0.3) is 11.8 Å². The number of anilines is 1. The molecule has 2 amide bonds. The van der Waals surface area contributed by atoms with E-state index < -0.39 is 5.91 Å². The summed E-state index contributed by atoms with van der Waals surface area (Å²) in [4.78, 5) is 24.9. The molecule has 3 aromatic rings. The Morgan fingerprint density at radius 2 is 1.78 bits per heavy atom. The summed E-state index contributed by atoms with van der Waals surface area (Å²) in [5, 5.41) is 7.70. The number of nitrogens with zero attached hydrogens (tertiary/aromatic N) is 1. The van der Waals surface area contributed by atoms with Crippen LogP contribution >= 0.6 is 23.2 Å². The number of hydrazone groups is 1. The zero-order chi connectivity index (χ0) is 26.8. The molecule has 0 radical (unpaired) electrons. The van der Waals surface area contributed by atoms with Crippen molar-refractivity contribution in [1.29, 1.82) is 0 Å². The van der Waals surface area contributed by atoms with Crippen LogP contribution in [0.3, 0.4) is 0 Å². The Bertz CT molecular complexity index is 1330. The van der Waals surface area contributed by atoms with Crippen molar-refractivity contribution >= 4 is 46.9 Å². The number of methoxy groups -OCH3 is 1. The van der Waals surface area contributed by atoms with E-state index in [1.807, 2.05) is 13.0 Å². The summed E-state index contributed by atoms with van der Waals surface area (Å²) in [6.07, 6.45) is 2.98. The van der Waals surface area contributed by atoms with E-state index in [4.69, 9.17) is 37.4 Å². The average Bonchev–Trinajstić information content (AvgIpc) is 2.89. The minimum atomic E-state index is -0.467. The summed E-state index contributed by atoms with van der Waals surface area (Å²) < 4.78 is 16.4. The largest absolute Gasteiger partial charge is 0.493 e. The van der Waals surface area contributed by atoms with Gasteiger partial charge in [0.2, 0.25) is 0 Å². The van der Waals surface area contributed by atoms with Crippen molar-refractivity contribution in [2.75, 3.05) is 25.6 Å². The average molecular weight is 542 g/mol. The van der Waals surface area contributed by atoms with Gasteiger partial charge in [-0.15, -0.1) is 0 Å². The highest BCUT2D eigenvalue weighted by Crippen LogP contribution is 2.28. The van der Waals surface area contributed by atoms with Gasteiger partial charge in [0, 0.05) is 26.9 Å². The fraction of sp³-hybridized carbons (Fsp3) is 0.148. The zero-order valence-corrected chi connectivity index (χ0v) is 21.7. The molecule has 0 atom stereocenters. The maximum atomic E-state index is 12.6. The molecule has 0 fully saturated rings. The summed E-state index contributed by atoms with van der Waals surface area (Å²) in [5.74, 6) is 0.392. The SMILES string of the molecule is C=CCOc1ccc(C(=O)N/N=C/c2cc(Cl)ccc2OCC(=O)Nc2ccc(C)c(Cl)c2)cc1OC. The number of amides is 2. The molecule has 0 aliphatic rings. The Morgan fingerprint density at radius 3 is 2.51 bits per heavy atom. The number of aryl methyl sites for hydroxylation is 1. The van der Waals surface area contributed by atoms with E-state index in [9.17, 15) is 9.59 Å². The summed E-state index contributed by atoms with van der Waals surface area (Å²) in [5.41, 5.74) is 4.68. The van der Waals surface area contributed by atoms with Gasteiger partial charge in [0.15, 0.2) is 18.1 Å². The predicted molar refractivity (Wildman–Crippen MR) is 146 cm³/mol. The lowest BCUT2D eigenvalue weighted by Crippen LogP contribution is -2.20. The van der Waals surface area contributed by atoms with Crippen LogP contribution < -0.4 is 25.0 Å². The monoisotopic (exact) mass is 541 g/mol. The van der Waals surface area contributed by atoms with Crippen molar-refractivity contribution in [3.63, 3.8) is 0 Å². The third kappa shape index (κ3) is 7.99. The van der Waals surface area contributed by atoms with Gasteiger partial charge in [-0.1, -0.05) is 41.9 Å². The molecule has 0 heterocycles. The summed E-state index contributed by atoms with van der Waals surface area (Å²) >= 11 is 12.2. The first-order valence-electron chi connectivity index (χ1n) is 11.0. The zero-order valence-electron chi connectivity index (χ0n) is 20.2. The first-order chi connectivity index (χ1) is 17.8. The quantitative estimate of drug-likeness (QED) is 0.185. The normalized spacial score (nSPS) is 10.6. The fourth-order valence-electron chi connectivity index (χ4n) is 3.06. The minimum Gasteiger partial charge on any atom is -0.493 e. The van der Waals surface area contributed by atoms with Gasteiger partial charge in [-0.05, 0) is 61.0 Å². The Labute approximate surface area is 224 Å². The van der Waals surface area contributed by atoms with Gasteiger partial charge in [-0.2, -0.15) is 5.10 Å². The second kappa shape index (κ2) is 13.3. The van der Waals surface area contributed by atoms with Crippen LogP contribution in [0.25, 0.3) is 0 Å². The van der Waals surface area contributed by atoms with Gasteiger partial charge in [-0.25, -0.2) is 5.43 Å². The third-order valence-corrected chi connectivity index (χ3v) is 5.58. The highest BCUT2D eigenvalue weighted by atomic mass is 35.5. The van der Waals surface area contributed by atoms with Gasteiger partial charge < -0.3 is 19.5 Å². The molecule has 3 rings (SSSR count). The van der Waals surface area contributed by atoms with E-state index in [0.29, 0.717) is 50.7 Å². The number of ether oxygens (including phenoxy) is 3. The lowest BCUT2D eigenvalue weighted by Gasteiger charge is -2.11. The van der Waals surface area contributed by atoms with Gasteiger partial charge in [-0.3, -0.25) is 9.59 Å². The van der Waals surface area contributed by atoms with Crippen LogP contribution in [0.5, 0.6) is 17.2 Å². The number of nitrogens with one attached hydrogen (secondary N) is 2. The van der Waals surface area contributed by atoms with Crippen molar-refractivity contribution < 1.29 is 23.8 Å². The van der Waals surface area contributed by atoms with Crippen LogP contribution in [-0.4, -0.2) is 38.4 Å². The molecule has 37 heavy (non-hydrogen) atoms. The molecule has 0 saturated heterocycles. The van der Waals surface area contributed by atoms with Crippen LogP contribution in [0.4, 0.5) is 5.69 Å². The molecule has 0 spiro atoms. The maximum absolute atomic E-state index is 12.6. The number of hydrogen-bond donors (Lipinski definition) is 2. The second-order valence-corrected chi connectivity index (χ2v) is 8.49. The Morgan fingerprint density at radius 1 is 1.00 bits per heavy atom. The van der Waals surface area contributed by atoms with Crippen molar-refractivity contribution in [2.24, 2.45) is 5.10 Å². The lowest BCUT2D eigenvalue weighted by molar-refractivity contribution is -0.118. The molecule has 2 N–H and O–H groups in total. The molecule has 3 aromatic carbocycles. The summed E-state index contributed by atoms with van der Waals surface area (Å²) in [6.45, 7) is 5.51. The highest BCUT2D eigenvalue weighted by Gasteiger charge is 2.12. The standard InChI is InChI=1S/C27H25Cl2N3O5/c1-4-11-36-24-9-6-18(13-25(24)35-3)27(34)32-30-15-19-12-20(28)7-10-23(19)37-16-26(33)31-21-8-5-17(2)22(29)14-21/h4-10,12-15H,1,11,16H2,2-3H3,(H,31,33)(H,32,34)/b30-15+. The van der Waals surface area contributed by atoms with E-state index >= 15 is 0 Å². The first kappa shape index (κ1) is 27.6. The Kier molecular flexibility index (Phi) is 9.94. The van der Waals surface area contributed by atoms with Crippen molar-refractivity contribution in [3.8, 4) is 17.2 Å². The van der Waals surface area contributed by atoms with E-state index in [-0.39, 0.29) is 12.5 Å². The van der Waals surface area contributed by atoms with Crippen molar-refractivity contribution in [1.82, 2.24) is 5.43 Å². The molecule has 8 nitrogen and oxygen atoms in total. The molecule has 0 aliphatic carbocycles. The third-order valence-electron chi connectivity index (χ3n) is 4.94. The molecule has 0 unspecified atom stereocenters. The molecule has 0 saturated carbocycles. The molecule has 192 valence electrons. The number of benzene rings is 3. The van der Waals surface area contributed by atoms with Crippen molar-refractivity contribution in [3.05, 3.63) is 94.0 Å². The number of halogens is 2. The van der Waals surface area contributed by atoms with Gasteiger partial charge >= 0.3 is 0 Å². The van der Waals surface area contributed by atoms with Crippen LogP contribution in [0.15, 0.2) is 72.4 Å². The van der Waals surface area contributed by atoms with Crippen molar-refractivity contribution in [2.45, 2.75) is 6.92 Å². The van der Waals surface area contributed by atoms with E-state index in [0.717, 1.165) is 5.56 Å². The van der Waals surface area contributed by atoms with E-state index in [1.54, 1.807) is 48.5 Å². The number of hydrogen-bond acceptors (Lipinski definition) is 6. The van der Waals surface area contributed by atoms with Gasteiger partial charge in [0.1, 0.15) is 12.4 Å². The Balaban J connectivity index is 1.63. The summed E-state index contributed by atoms with van der Waals surface area (Å²) in [6, 6.07) is 14.8. The molecular weight excluding hydrogens is 517 g/mol. The molecule has 10 heteroatoms. The fourth-order valence-corrected chi connectivity index (χ4v) is 3.43. The number of carbonyl (C=O) groups excluding carboxylic acids is 2. The number of carbonyl (C=O) groups is 2. The van der Waals surface area contributed by atoms with Crippen LogP contribution in [0.2, 0.25) is 10.0 Å².